The van der Waals surface area contributed by atoms with E-state index in [0.717, 1.165) is 54.3 Å². The van der Waals surface area contributed by atoms with E-state index in [4.69, 9.17) is 9.47 Å². The molecule has 140 valence electrons. The molecule has 25 heavy (non-hydrogen) atoms. The van der Waals surface area contributed by atoms with E-state index >= 15 is 0 Å². The molecule has 0 N–H and O–H groups in total. The number of Topliss-reactive ketones (excluding diaryl/α,β-unsaturated/α-hetero) is 1. The highest BCUT2D eigenvalue weighted by Gasteiger charge is 2.13. The average molecular weight is 347 g/mol. The number of carbonyl (C=O) groups excluding carboxylic acids is 1. The molecule has 0 amide bonds. The van der Waals surface area contributed by atoms with Crippen molar-refractivity contribution in [2.45, 2.75) is 41.0 Å². The van der Waals surface area contributed by atoms with Gasteiger partial charge in [-0.2, -0.15) is 0 Å². The second kappa shape index (κ2) is 11.1. The molecule has 0 spiro atoms. The van der Waals surface area contributed by atoms with Gasteiger partial charge in [0.1, 0.15) is 5.75 Å². The summed E-state index contributed by atoms with van der Waals surface area (Å²) in [5.74, 6) is 0.911. The highest BCUT2D eigenvalue weighted by molar-refractivity contribution is 6.20. The SMILES string of the molecule is CCCN1CCOCC1.COc1cccc(C(C(C)=O)=C(C)C)c1C. The molecule has 1 saturated heterocycles. The van der Waals surface area contributed by atoms with Crippen molar-refractivity contribution < 1.29 is 14.3 Å². The van der Waals surface area contributed by atoms with Crippen LogP contribution < -0.4 is 4.74 Å². The minimum Gasteiger partial charge on any atom is -0.496 e. The van der Waals surface area contributed by atoms with Crippen LogP contribution in [-0.4, -0.2) is 50.6 Å². The third-order valence-corrected chi connectivity index (χ3v) is 4.27. The Hall–Kier alpha value is -1.65. The standard InChI is InChI=1S/C14H18O2.C7H15NO/c1-9(2)14(11(4)15)12-7-6-8-13(16-5)10(12)3;1-2-3-8-4-6-9-7-5-8/h6-8H,1-5H3;2-7H2,1H3. The summed E-state index contributed by atoms with van der Waals surface area (Å²) in [5.41, 5.74) is 3.79. The first-order valence-electron chi connectivity index (χ1n) is 9.04. The lowest BCUT2D eigenvalue weighted by atomic mass is 9.94. The predicted molar refractivity (Wildman–Crippen MR) is 104 cm³/mol. The van der Waals surface area contributed by atoms with Crippen LogP contribution in [0.15, 0.2) is 23.8 Å². The van der Waals surface area contributed by atoms with E-state index in [9.17, 15) is 4.79 Å². The first kappa shape index (κ1) is 21.4. The smallest absolute Gasteiger partial charge is 0.160 e. The Morgan fingerprint density at radius 2 is 1.84 bits per heavy atom. The van der Waals surface area contributed by atoms with Gasteiger partial charge in [0.15, 0.2) is 5.78 Å². The van der Waals surface area contributed by atoms with Crippen molar-refractivity contribution in [1.82, 2.24) is 4.90 Å². The molecule has 1 aromatic rings. The maximum Gasteiger partial charge on any atom is 0.160 e. The van der Waals surface area contributed by atoms with Crippen LogP contribution in [0.25, 0.3) is 5.57 Å². The normalized spacial score (nSPS) is 14.3. The number of ketones is 1. The van der Waals surface area contributed by atoms with Gasteiger partial charge in [0.05, 0.1) is 20.3 Å². The fourth-order valence-electron chi connectivity index (χ4n) is 3.06. The lowest BCUT2D eigenvalue weighted by Gasteiger charge is -2.25. The summed E-state index contributed by atoms with van der Waals surface area (Å²) in [4.78, 5) is 14.1. The first-order valence-corrected chi connectivity index (χ1v) is 9.04. The molecule has 0 aromatic heterocycles. The fourth-order valence-corrected chi connectivity index (χ4v) is 3.06. The van der Waals surface area contributed by atoms with Gasteiger partial charge < -0.3 is 9.47 Å². The van der Waals surface area contributed by atoms with Crippen LogP contribution in [0.2, 0.25) is 0 Å². The summed E-state index contributed by atoms with van der Waals surface area (Å²) in [6.45, 7) is 15.1. The van der Waals surface area contributed by atoms with Gasteiger partial charge in [0.25, 0.3) is 0 Å². The summed E-state index contributed by atoms with van der Waals surface area (Å²) in [5, 5.41) is 0. The summed E-state index contributed by atoms with van der Waals surface area (Å²) >= 11 is 0. The molecule has 1 heterocycles. The van der Waals surface area contributed by atoms with E-state index < -0.39 is 0 Å². The summed E-state index contributed by atoms with van der Waals surface area (Å²) in [7, 11) is 1.64. The predicted octanol–water partition coefficient (Wildman–Crippen LogP) is 4.11. The zero-order valence-electron chi connectivity index (χ0n) is 16.6. The van der Waals surface area contributed by atoms with Gasteiger partial charge in [-0.15, -0.1) is 0 Å². The quantitative estimate of drug-likeness (QED) is 0.751. The molecule has 0 aliphatic carbocycles. The largest absolute Gasteiger partial charge is 0.496 e. The number of benzene rings is 1. The van der Waals surface area contributed by atoms with Crippen molar-refractivity contribution in [3.63, 3.8) is 0 Å². The molecule has 0 bridgehead atoms. The Labute approximate surface area is 152 Å². The van der Waals surface area contributed by atoms with Gasteiger partial charge in [-0.3, -0.25) is 9.69 Å². The molecule has 2 rings (SSSR count). The highest BCUT2D eigenvalue weighted by Crippen LogP contribution is 2.28. The second-order valence-electron chi connectivity index (χ2n) is 6.52. The van der Waals surface area contributed by atoms with E-state index in [0.29, 0.717) is 0 Å². The highest BCUT2D eigenvalue weighted by atomic mass is 16.5. The molecular weight excluding hydrogens is 314 g/mol. The number of carbonyl (C=O) groups is 1. The third kappa shape index (κ3) is 6.63. The Morgan fingerprint density at radius 3 is 2.32 bits per heavy atom. The van der Waals surface area contributed by atoms with E-state index in [1.807, 2.05) is 39.0 Å². The van der Waals surface area contributed by atoms with Crippen molar-refractivity contribution in [1.29, 1.82) is 0 Å². The molecule has 1 aliphatic heterocycles. The number of allylic oxidation sites excluding steroid dienone is 2. The Kier molecular flexibility index (Phi) is 9.46. The second-order valence-corrected chi connectivity index (χ2v) is 6.52. The molecule has 1 fully saturated rings. The van der Waals surface area contributed by atoms with Gasteiger partial charge in [0, 0.05) is 18.7 Å². The van der Waals surface area contributed by atoms with Crippen LogP contribution in [-0.2, 0) is 9.53 Å². The summed E-state index contributed by atoms with van der Waals surface area (Å²) in [6.07, 6.45) is 1.26. The summed E-state index contributed by atoms with van der Waals surface area (Å²) < 4.78 is 10.5. The van der Waals surface area contributed by atoms with Crippen LogP contribution in [0, 0.1) is 6.92 Å². The lowest BCUT2D eigenvalue weighted by Crippen LogP contribution is -2.36. The zero-order chi connectivity index (χ0) is 18.8. The van der Waals surface area contributed by atoms with Crippen molar-refractivity contribution in [2.75, 3.05) is 40.0 Å². The molecule has 1 aliphatic rings. The van der Waals surface area contributed by atoms with E-state index in [2.05, 4.69) is 11.8 Å². The van der Waals surface area contributed by atoms with Crippen molar-refractivity contribution in [3.8, 4) is 5.75 Å². The number of rotatable bonds is 5. The number of ether oxygens (including phenoxy) is 2. The fraction of sp³-hybridized carbons (Fsp3) is 0.571. The monoisotopic (exact) mass is 347 g/mol. The van der Waals surface area contributed by atoms with Gasteiger partial charge in [0.2, 0.25) is 0 Å². The Bertz CT molecular complexity index is 580. The molecule has 1 aromatic carbocycles. The van der Waals surface area contributed by atoms with E-state index in [1.54, 1.807) is 14.0 Å². The number of nitrogens with zero attached hydrogens (tertiary/aromatic N) is 1. The van der Waals surface area contributed by atoms with Gasteiger partial charge in [-0.05, 0) is 57.9 Å². The van der Waals surface area contributed by atoms with Crippen LogP contribution in [0.1, 0.15) is 45.2 Å². The topological polar surface area (TPSA) is 38.8 Å². The number of hydrogen-bond donors (Lipinski definition) is 0. The number of hydrogen-bond acceptors (Lipinski definition) is 4. The van der Waals surface area contributed by atoms with Crippen LogP contribution >= 0.6 is 0 Å². The molecule has 4 heteroatoms. The summed E-state index contributed by atoms with van der Waals surface area (Å²) in [6, 6.07) is 5.77. The Morgan fingerprint density at radius 1 is 1.20 bits per heavy atom. The third-order valence-electron chi connectivity index (χ3n) is 4.27. The Balaban J connectivity index is 0.000000293. The molecular formula is C21H33NO3. The zero-order valence-corrected chi connectivity index (χ0v) is 16.6. The van der Waals surface area contributed by atoms with Crippen molar-refractivity contribution in [2.24, 2.45) is 0 Å². The molecule has 0 atom stereocenters. The van der Waals surface area contributed by atoms with Crippen LogP contribution in [0.4, 0.5) is 0 Å². The van der Waals surface area contributed by atoms with Gasteiger partial charge >= 0.3 is 0 Å². The van der Waals surface area contributed by atoms with Gasteiger partial charge in [-0.25, -0.2) is 0 Å². The van der Waals surface area contributed by atoms with Crippen molar-refractivity contribution >= 4 is 11.4 Å². The minimum absolute atomic E-state index is 0.0938. The maximum atomic E-state index is 11.6. The van der Waals surface area contributed by atoms with Crippen molar-refractivity contribution in [3.05, 3.63) is 34.9 Å². The van der Waals surface area contributed by atoms with E-state index in [-0.39, 0.29) is 5.78 Å². The molecule has 0 saturated carbocycles. The lowest BCUT2D eigenvalue weighted by molar-refractivity contribution is -0.111. The number of methoxy groups -OCH3 is 1. The molecule has 0 unspecified atom stereocenters. The number of morpholine rings is 1. The molecule has 0 radical (unpaired) electrons. The minimum atomic E-state index is 0.0938. The van der Waals surface area contributed by atoms with Gasteiger partial charge in [-0.1, -0.05) is 24.6 Å². The van der Waals surface area contributed by atoms with Crippen LogP contribution in [0.3, 0.4) is 0 Å². The molecule has 4 nitrogen and oxygen atoms in total. The maximum absolute atomic E-state index is 11.6. The average Bonchev–Trinajstić information content (AvgIpc) is 2.58. The first-order chi connectivity index (χ1) is 11.9. The van der Waals surface area contributed by atoms with Crippen LogP contribution in [0.5, 0.6) is 5.75 Å². The van der Waals surface area contributed by atoms with E-state index in [1.165, 1.54) is 13.0 Å².